The van der Waals surface area contributed by atoms with Crippen LogP contribution in [0.2, 0.25) is 0 Å². The van der Waals surface area contributed by atoms with Crippen LogP contribution in [-0.4, -0.2) is 99.0 Å². The van der Waals surface area contributed by atoms with Gasteiger partial charge in [-0.2, -0.15) is 13.2 Å². The highest BCUT2D eigenvalue weighted by molar-refractivity contribution is 6.04. The SMILES string of the molecule is O=C(NCc1cccc(C(F)(F)F)c1)C(C(=O)N1CCC(N2CCCCC2)CC1)N1C(O)[C@@H](N2C(=O)CC[C@@H]2c2ccccc2)[C@H]1/C=C/c1ccccc1. The molecule has 4 saturated heterocycles. The molecule has 12 heteroatoms. The quantitative estimate of drug-likeness (QED) is 0.262. The van der Waals surface area contributed by atoms with Crippen molar-refractivity contribution in [2.75, 3.05) is 26.2 Å². The number of piperidine rings is 2. The van der Waals surface area contributed by atoms with Crippen molar-refractivity contribution in [3.05, 3.63) is 113 Å². The molecule has 7 rings (SSSR count). The van der Waals surface area contributed by atoms with Crippen molar-refractivity contribution in [3.63, 3.8) is 0 Å². The summed E-state index contributed by atoms with van der Waals surface area (Å²) in [5.74, 6) is -1.32. The maximum Gasteiger partial charge on any atom is 0.416 e. The minimum Gasteiger partial charge on any atom is -0.376 e. The van der Waals surface area contributed by atoms with Gasteiger partial charge in [0.05, 0.1) is 23.7 Å². The minimum absolute atomic E-state index is 0.123. The summed E-state index contributed by atoms with van der Waals surface area (Å²) in [5.41, 5.74) is 1.18. The number of nitrogens with one attached hydrogen (secondary N) is 1. The van der Waals surface area contributed by atoms with Crippen LogP contribution in [0.25, 0.3) is 6.08 Å². The van der Waals surface area contributed by atoms with Gasteiger partial charge >= 0.3 is 6.18 Å². The van der Waals surface area contributed by atoms with Gasteiger partial charge in [0.15, 0.2) is 6.04 Å². The lowest BCUT2D eigenvalue weighted by molar-refractivity contribution is -0.203. The molecule has 4 aliphatic rings. The van der Waals surface area contributed by atoms with Gasteiger partial charge in [-0.1, -0.05) is 91.4 Å². The summed E-state index contributed by atoms with van der Waals surface area (Å²) in [6, 6.07) is 20.9. The molecule has 0 aliphatic carbocycles. The number of carbonyl (C=O) groups excluding carboxylic acids is 3. The van der Waals surface area contributed by atoms with E-state index in [1.54, 1.807) is 9.80 Å². The Morgan fingerprint density at radius 1 is 0.870 bits per heavy atom. The van der Waals surface area contributed by atoms with Crippen molar-refractivity contribution in [1.29, 1.82) is 0 Å². The van der Waals surface area contributed by atoms with Crippen molar-refractivity contribution in [1.82, 2.24) is 24.9 Å². The number of hydrogen-bond donors (Lipinski definition) is 2. The summed E-state index contributed by atoms with van der Waals surface area (Å²) >= 11 is 0. The number of alkyl halides is 3. The highest BCUT2D eigenvalue weighted by Crippen LogP contribution is 2.43. The van der Waals surface area contributed by atoms with Gasteiger partial charge in [0, 0.05) is 32.1 Å². The Labute approximate surface area is 314 Å². The van der Waals surface area contributed by atoms with E-state index >= 15 is 0 Å². The fourth-order valence-electron chi connectivity index (χ4n) is 8.73. The number of carbonyl (C=O) groups is 3. The second kappa shape index (κ2) is 16.5. The lowest BCUT2D eigenvalue weighted by Crippen LogP contribution is -2.78. The van der Waals surface area contributed by atoms with Crippen LogP contribution >= 0.6 is 0 Å². The number of benzene rings is 3. The van der Waals surface area contributed by atoms with Gasteiger partial charge in [0.25, 0.3) is 0 Å². The minimum atomic E-state index is -4.56. The maximum atomic E-state index is 14.6. The molecule has 9 nitrogen and oxygen atoms in total. The van der Waals surface area contributed by atoms with E-state index in [2.05, 4.69) is 10.2 Å². The molecule has 0 spiro atoms. The van der Waals surface area contributed by atoms with Gasteiger partial charge < -0.3 is 25.1 Å². The van der Waals surface area contributed by atoms with Gasteiger partial charge in [-0.05, 0) is 74.0 Å². The number of likely N-dealkylation sites (tertiary alicyclic amines) is 4. The predicted octanol–water partition coefficient (Wildman–Crippen LogP) is 5.62. The summed E-state index contributed by atoms with van der Waals surface area (Å²) in [5, 5.41) is 14.8. The van der Waals surface area contributed by atoms with Crippen molar-refractivity contribution >= 4 is 23.8 Å². The zero-order valence-electron chi connectivity index (χ0n) is 30.3. The summed E-state index contributed by atoms with van der Waals surface area (Å²) in [7, 11) is 0. The van der Waals surface area contributed by atoms with Crippen LogP contribution in [0.4, 0.5) is 13.2 Å². The topological polar surface area (TPSA) is 96.4 Å². The number of rotatable bonds is 10. The van der Waals surface area contributed by atoms with Crippen molar-refractivity contribution in [2.45, 2.75) is 94.1 Å². The number of halogens is 3. The Morgan fingerprint density at radius 3 is 2.24 bits per heavy atom. The normalized spacial score (nSPS) is 25.1. The highest BCUT2D eigenvalue weighted by Gasteiger charge is 2.59. The molecule has 2 N–H and O–H groups in total. The monoisotopic (exact) mass is 743 g/mol. The summed E-state index contributed by atoms with van der Waals surface area (Å²) in [6.45, 7) is 2.71. The molecule has 54 heavy (non-hydrogen) atoms. The zero-order valence-corrected chi connectivity index (χ0v) is 30.3. The second-order valence-corrected chi connectivity index (χ2v) is 14.8. The third-order valence-electron chi connectivity index (χ3n) is 11.5. The molecule has 2 unspecified atom stereocenters. The molecule has 3 amide bonds. The van der Waals surface area contributed by atoms with Gasteiger partial charge in [-0.25, -0.2) is 4.90 Å². The lowest BCUT2D eigenvalue weighted by Gasteiger charge is -2.57. The molecule has 4 heterocycles. The molecular weight excluding hydrogens is 695 g/mol. The van der Waals surface area contributed by atoms with Crippen LogP contribution in [0.3, 0.4) is 0 Å². The van der Waals surface area contributed by atoms with Crippen molar-refractivity contribution in [2.24, 2.45) is 0 Å². The first-order valence-corrected chi connectivity index (χ1v) is 19.1. The van der Waals surface area contributed by atoms with E-state index in [1.807, 2.05) is 72.8 Å². The van der Waals surface area contributed by atoms with E-state index in [-0.39, 0.29) is 24.1 Å². The highest BCUT2D eigenvalue weighted by atomic mass is 19.4. The number of nitrogens with zero attached hydrogens (tertiary/aromatic N) is 4. The van der Waals surface area contributed by atoms with Gasteiger partial charge in [-0.15, -0.1) is 0 Å². The average Bonchev–Trinajstić information content (AvgIpc) is 3.57. The number of aliphatic hydroxyl groups excluding tert-OH is 1. The van der Waals surface area contributed by atoms with E-state index < -0.39 is 47.9 Å². The molecular formula is C42H48F3N5O4. The van der Waals surface area contributed by atoms with E-state index in [1.165, 1.54) is 23.5 Å². The zero-order chi connectivity index (χ0) is 37.8. The Morgan fingerprint density at radius 2 is 1.56 bits per heavy atom. The first kappa shape index (κ1) is 37.8. The lowest BCUT2D eigenvalue weighted by atomic mass is 9.86. The van der Waals surface area contributed by atoms with Gasteiger partial charge in [0.2, 0.25) is 17.7 Å². The molecule has 0 aromatic heterocycles. The van der Waals surface area contributed by atoms with Gasteiger partial charge in [0.1, 0.15) is 6.23 Å². The smallest absolute Gasteiger partial charge is 0.376 e. The standard InChI is InChI=1S/C42H48F3N5O4/c43-42(44,45)32-16-10-13-30(27-32)28-46-39(52)38(40(53)48-25-21-33(22-26-48)47-23-8-3-9-24-47)50-35(18-17-29-11-4-1-5-12-29)37(41(50)54)49-34(19-20-36(49)51)31-14-6-2-7-15-31/h1-2,4-7,10-18,27,33-35,37-38,41,54H,3,8-9,19-26,28H2,(H,46,52)/b18-17+/t34-,35-,37+,38?,41?/m1/s1. The maximum absolute atomic E-state index is 14.6. The Balaban J connectivity index is 1.19. The number of aliphatic hydroxyl groups is 1. The summed E-state index contributed by atoms with van der Waals surface area (Å²) in [6.07, 6.45) is 3.68. The third kappa shape index (κ3) is 8.11. The van der Waals surface area contributed by atoms with Crippen molar-refractivity contribution in [3.8, 4) is 0 Å². The van der Waals surface area contributed by atoms with Crippen LogP contribution in [0.1, 0.15) is 73.2 Å². The summed E-state index contributed by atoms with van der Waals surface area (Å²) < 4.78 is 40.5. The Hall–Kier alpha value is -4.52. The number of amides is 3. The predicted molar refractivity (Wildman–Crippen MR) is 198 cm³/mol. The Bertz CT molecular complexity index is 1790. The van der Waals surface area contributed by atoms with E-state index in [9.17, 15) is 32.7 Å². The molecule has 0 bridgehead atoms. The Kier molecular flexibility index (Phi) is 11.5. The van der Waals surface area contributed by atoms with Gasteiger partial charge in [-0.3, -0.25) is 14.4 Å². The largest absolute Gasteiger partial charge is 0.416 e. The van der Waals surface area contributed by atoms with Crippen LogP contribution in [0, 0.1) is 0 Å². The first-order valence-electron chi connectivity index (χ1n) is 19.1. The molecule has 4 aliphatic heterocycles. The molecule has 0 saturated carbocycles. The molecule has 3 aromatic carbocycles. The van der Waals surface area contributed by atoms with Crippen LogP contribution < -0.4 is 5.32 Å². The first-order chi connectivity index (χ1) is 26.1. The average molecular weight is 744 g/mol. The van der Waals surface area contributed by atoms with E-state index in [0.717, 1.165) is 62.0 Å². The van der Waals surface area contributed by atoms with Crippen LogP contribution in [-0.2, 0) is 27.1 Å². The van der Waals surface area contributed by atoms with Crippen LogP contribution in [0.15, 0.2) is 91.0 Å². The molecule has 5 atom stereocenters. The fraction of sp³-hybridized carbons (Fsp3) is 0.452. The third-order valence-corrected chi connectivity index (χ3v) is 11.5. The molecule has 3 aromatic rings. The van der Waals surface area contributed by atoms with Crippen LogP contribution in [0.5, 0.6) is 0 Å². The summed E-state index contributed by atoms with van der Waals surface area (Å²) in [4.78, 5) is 49.9. The van der Waals surface area contributed by atoms with E-state index in [4.69, 9.17) is 0 Å². The second-order valence-electron chi connectivity index (χ2n) is 14.8. The molecule has 0 radical (unpaired) electrons. The number of hydrogen-bond acceptors (Lipinski definition) is 6. The van der Waals surface area contributed by atoms with E-state index in [0.29, 0.717) is 32.0 Å². The van der Waals surface area contributed by atoms with Crippen molar-refractivity contribution < 1.29 is 32.7 Å². The molecule has 286 valence electrons. The molecule has 4 fully saturated rings. The fourth-order valence-corrected chi connectivity index (χ4v) is 8.73.